The van der Waals surface area contributed by atoms with E-state index in [9.17, 15) is 8.42 Å². The van der Waals surface area contributed by atoms with Crippen LogP contribution in [0.25, 0.3) is 0 Å². The predicted molar refractivity (Wildman–Crippen MR) is 72.9 cm³/mol. The van der Waals surface area contributed by atoms with Gasteiger partial charge < -0.3 is 0 Å². The summed E-state index contributed by atoms with van der Waals surface area (Å²) in [7, 11) is -3.28. The van der Waals surface area contributed by atoms with Crippen LogP contribution in [0, 0.1) is 11.8 Å². The van der Waals surface area contributed by atoms with E-state index in [-0.39, 0.29) is 5.54 Å². The Morgan fingerprint density at radius 2 is 1.63 bits per heavy atom. The molecule has 2 aliphatic carbocycles. The van der Waals surface area contributed by atoms with Gasteiger partial charge in [0, 0.05) is 6.54 Å². The van der Waals surface area contributed by atoms with E-state index in [2.05, 4.69) is 33.7 Å². The van der Waals surface area contributed by atoms with E-state index < -0.39 is 10.2 Å². The molecule has 5 heteroatoms. The maximum Gasteiger partial charge on any atom is 0.277 e. The molecule has 4 nitrogen and oxygen atoms in total. The second-order valence-corrected chi connectivity index (χ2v) is 7.61. The average molecular weight is 278 g/mol. The van der Waals surface area contributed by atoms with E-state index in [1.165, 1.54) is 11.1 Å². The maximum absolute atomic E-state index is 11.8. The van der Waals surface area contributed by atoms with Gasteiger partial charge in [0.2, 0.25) is 0 Å². The molecule has 1 saturated heterocycles. The standard InChI is InChI=1S/C14H18N2O2S/c17-19(18)15-9-14(16-19)12-5-6-13(14)8-11-4-2-1-3-10(11)7-12/h1-4,12-13,15-16H,5-9H2. The molecule has 1 saturated carbocycles. The van der Waals surface area contributed by atoms with Crippen molar-refractivity contribution in [3.63, 3.8) is 0 Å². The first kappa shape index (κ1) is 11.9. The van der Waals surface area contributed by atoms with Crippen LogP contribution in [0.5, 0.6) is 0 Å². The fourth-order valence-electron chi connectivity index (χ4n) is 4.30. The molecule has 1 spiro atoms. The number of nitrogens with one attached hydrogen (secondary N) is 2. The third-order valence-corrected chi connectivity index (χ3v) is 6.42. The van der Waals surface area contributed by atoms with Crippen molar-refractivity contribution < 1.29 is 8.42 Å². The minimum atomic E-state index is -3.28. The second kappa shape index (κ2) is 3.81. The van der Waals surface area contributed by atoms with Crippen molar-refractivity contribution in [1.82, 2.24) is 9.44 Å². The molecule has 0 aromatic heterocycles. The Kier molecular flexibility index (Phi) is 2.38. The lowest BCUT2D eigenvalue weighted by Crippen LogP contribution is -2.52. The number of hydrogen-bond acceptors (Lipinski definition) is 2. The van der Waals surface area contributed by atoms with Gasteiger partial charge >= 0.3 is 0 Å². The third kappa shape index (κ3) is 1.68. The highest BCUT2D eigenvalue weighted by Gasteiger charge is 2.56. The number of benzene rings is 1. The summed E-state index contributed by atoms with van der Waals surface area (Å²) < 4.78 is 29.2. The van der Waals surface area contributed by atoms with Crippen molar-refractivity contribution in [2.24, 2.45) is 11.8 Å². The summed E-state index contributed by atoms with van der Waals surface area (Å²) in [5.41, 5.74) is 2.55. The Bertz CT molecular complexity index is 593. The molecule has 2 atom stereocenters. The van der Waals surface area contributed by atoms with E-state index in [1.807, 2.05) is 0 Å². The van der Waals surface area contributed by atoms with Gasteiger partial charge in [0.15, 0.2) is 0 Å². The minimum absolute atomic E-state index is 0.252. The molecule has 2 unspecified atom stereocenters. The van der Waals surface area contributed by atoms with Crippen molar-refractivity contribution in [1.29, 1.82) is 0 Å². The van der Waals surface area contributed by atoms with Crippen molar-refractivity contribution in [2.75, 3.05) is 6.54 Å². The van der Waals surface area contributed by atoms with E-state index in [1.54, 1.807) is 0 Å². The highest BCUT2D eigenvalue weighted by atomic mass is 32.2. The monoisotopic (exact) mass is 278 g/mol. The molecule has 102 valence electrons. The van der Waals surface area contributed by atoms with E-state index in [0.717, 1.165) is 25.7 Å². The normalized spacial score (nSPS) is 39.2. The summed E-state index contributed by atoms with van der Waals surface area (Å²) in [6, 6.07) is 8.56. The molecule has 1 aromatic rings. The molecule has 2 fully saturated rings. The van der Waals surface area contributed by atoms with Crippen LogP contribution in [0.15, 0.2) is 24.3 Å². The number of fused-ring (bicyclic) bond motifs is 1. The quantitative estimate of drug-likeness (QED) is 0.743. The highest BCUT2D eigenvalue weighted by molar-refractivity contribution is 7.87. The number of hydrogen-bond donors (Lipinski definition) is 2. The van der Waals surface area contributed by atoms with Gasteiger partial charge in [-0.15, -0.1) is 0 Å². The van der Waals surface area contributed by atoms with Gasteiger partial charge in [0.1, 0.15) is 0 Å². The molecule has 0 radical (unpaired) electrons. The van der Waals surface area contributed by atoms with Gasteiger partial charge in [-0.3, -0.25) is 0 Å². The zero-order valence-corrected chi connectivity index (χ0v) is 11.5. The van der Waals surface area contributed by atoms with Crippen molar-refractivity contribution in [3.05, 3.63) is 35.4 Å². The molecular weight excluding hydrogens is 260 g/mol. The average Bonchev–Trinajstić information content (AvgIpc) is 2.79. The lowest BCUT2D eigenvalue weighted by atomic mass is 9.80. The fraction of sp³-hybridized carbons (Fsp3) is 0.571. The summed E-state index contributed by atoms with van der Waals surface area (Å²) in [6.45, 7) is 0.554. The first-order chi connectivity index (χ1) is 9.09. The molecule has 2 N–H and O–H groups in total. The lowest BCUT2D eigenvalue weighted by molar-refractivity contribution is 0.245. The molecule has 0 amide bonds. The van der Waals surface area contributed by atoms with Gasteiger partial charge in [-0.2, -0.15) is 13.1 Å². The highest BCUT2D eigenvalue weighted by Crippen LogP contribution is 2.48. The van der Waals surface area contributed by atoms with Crippen LogP contribution in [0.1, 0.15) is 24.0 Å². The van der Waals surface area contributed by atoms with Crippen molar-refractivity contribution in [2.45, 2.75) is 31.2 Å². The van der Waals surface area contributed by atoms with Gasteiger partial charge in [-0.25, -0.2) is 4.72 Å². The van der Waals surface area contributed by atoms with Crippen LogP contribution in [0.3, 0.4) is 0 Å². The molecule has 1 heterocycles. The van der Waals surface area contributed by atoms with Gasteiger partial charge in [-0.1, -0.05) is 24.3 Å². The van der Waals surface area contributed by atoms with Crippen molar-refractivity contribution in [3.8, 4) is 0 Å². The third-order valence-electron chi connectivity index (χ3n) is 5.25. The van der Waals surface area contributed by atoms with Crippen molar-refractivity contribution >= 4 is 10.2 Å². The first-order valence-electron chi connectivity index (χ1n) is 6.94. The van der Waals surface area contributed by atoms with E-state index in [4.69, 9.17) is 0 Å². The summed E-state index contributed by atoms with van der Waals surface area (Å²) in [6.07, 6.45) is 4.25. The molecule has 19 heavy (non-hydrogen) atoms. The summed E-state index contributed by atoms with van der Waals surface area (Å²) in [5, 5.41) is 0. The van der Waals surface area contributed by atoms with Crippen LogP contribution >= 0.6 is 0 Å². The van der Waals surface area contributed by atoms with Crippen LogP contribution in [0.2, 0.25) is 0 Å². The summed E-state index contributed by atoms with van der Waals surface area (Å²) in [4.78, 5) is 0. The lowest BCUT2D eigenvalue weighted by Gasteiger charge is -2.33. The van der Waals surface area contributed by atoms with E-state index >= 15 is 0 Å². The molecule has 2 bridgehead atoms. The van der Waals surface area contributed by atoms with Gasteiger partial charge in [0.05, 0.1) is 5.54 Å². The molecule has 1 aliphatic heterocycles. The van der Waals surface area contributed by atoms with E-state index in [0.29, 0.717) is 18.4 Å². The topological polar surface area (TPSA) is 58.2 Å². The van der Waals surface area contributed by atoms with Crippen LogP contribution in [0.4, 0.5) is 0 Å². The van der Waals surface area contributed by atoms with Crippen LogP contribution in [-0.2, 0) is 23.1 Å². The molecule has 1 aromatic carbocycles. The van der Waals surface area contributed by atoms with Gasteiger partial charge in [0.25, 0.3) is 10.2 Å². The van der Waals surface area contributed by atoms with Gasteiger partial charge in [-0.05, 0) is 48.6 Å². The zero-order chi connectivity index (χ0) is 13.1. The Morgan fingerprint density at radius 1 is 1.05 bits per heavy atom. The Morgan fingerprint density at radius 3 is 2.11 bits per heavy atom. The molecular formula is C14H18N2O2S. The SMILES string of the molecule is O=S1(=O)NCC2(N1)C1CCC2Cc2ccccc2C1. The smallest absolute Gasteiger partial charge is 0.200 e. The summed E-state index contributed by atoms with van der Waals surface area (Å²) >= 11 is 0. The molecule has 3 aliphatic rings. The second-order valence-electron chi connectivity index (χ2n) is 6.12. The number of rotatable bonds is 0. The maximum atomic E-state index is 11.8. The van der Waals surface area contributed by atoms with Crippen LogP contribution < -0.4 is 9.44 Å². The Labute approximate surface area is 113 Å². The zero-order valence-electron chi connectivity index (χ0n) is 10.7. The summed E-state index contributed by atoms with van der Waals surface area (Å²) in [5.74, 6) is 0.844. The Hall–Kier alpha value is -0.910. The minimum Gasteiger partial charge on any atom is -0.200 e. The van der Waals surface area contributed by atoms with Crippen LogP contribution in [-0.4, -0.2) is 20.5 Å². The first-order valence-corrected chi connectivity index (χ1v) is 8.43. The fourth-order valence-corrected chi connectivity index (χ4v) is 5.70. The largest absolute Gasteiger partial charge is 0.277 e. The Balaban J connectivity index is 1.78. The molecule has 4 rings (SSSR count). The predicted octanol–water partition coefficient (Wildman–Crippen LogP) is 0.988.